The highest BCUT2D eigenvalue weighted by molar-refractivity contribution is 6.14. The van der Waals surface area contributed by atoms with E-state index in [0.717, 1.165) is 78.0 Å². The van der Waals surface area contributed by atoms with Gasteiger partial charge in [-0.1, -0.05) is 170 Å². The van der Waals surface area contributed by atoms with Crippen LogP contribution in [-0.2, 0) is 0 Å². The number of hydrogen-bond acceptors (Lipinski definition) is 2. The summed E-state index contributed by atoms with van der Waals surface area (Å²) in [6.45, 7) is 4.51. The van der Waals surface area contributed by atoms with Crippen molar-refractivity contribution in [2.24, 2.45) is 0 Å². The van der Waals surface area contributed by atoms with E-state index in [1.165, 1.54) is 44.2 Å². The summed E-state index contributed by atoms with van der Waals surface area (Å²) in [4.78, 5) is 2.50. The number of benzene rings is 10. The van der Waals surface area contributed by atoms with Crippen molar-refractivity contribution in [3.05, 3.63) is 242 Å². The second kappa shape index (κ2) is 15.7. The van der Waals surface area contributed by atoms with Gasteiger partial charge in [0.2, 0.25) is 0 Å². The molecule has 12 aromatic rings. The molecule has 12 rings (SSSR count). The SMILES string of the molecule is Cc1cc(-c2ccccc2)ccc1N(c1cc(-c2ccccc2-n2c3ccccc3c3ccccc32)c2oc3ccccc3c2c1)c1c(C)cc(-c2ccccc2)cc1-c1ccccc1. The van der Waals surface area contributed by atoms with E-state index in [-0.39, 0.29) is 0 Å². The molecule has 2 heterocycles. The highest BCUT2D eigenvalue weighted by Crippen LogP contribution is 2.50. The lowest BCUT2D eigenvalue weighted by Gasteiger charge is -2.32. The monoisotopic (exact) mass is 832 g/mol. The lowest BCUT2D eigenvalue weighted by Crippen LogP contribution is -2.14. The second-order valence-corrected chi connectivity index (χ2v) is 17.0. The number of rotatable bonds is 8. The van der Waals surface area contributed by atoms with E-state index in [0.29, 0.717) is 0 Å². The molecule has 3 heteroatoms. The number of hydrogen-bond donors (Lipinski definition) is 0. The molecule has 0 amide bonds. The van der Waals surface area contributed by atoms with Gasteiger partial charge in [-0.2, -0.15) is 0 Å². The summed E-state index contributed by atoms with van der Waals surface area (Å²) in [6, 6.07) is 83.3. The molecule has 2 aromatic heterocycles. The molecule has 0 bridgehead atoms. The Labute approximate surface area is 378 Å². The number of nitrogens with zero attached hydrogens (tertiary/aromatic N) is 2. The van der Waals surface area contributed by atoms with Gasteiger partial charge in [-0.25, -0.2) is 0 Å². The highest BCUT2D eigenvalue weighted by Gasteiger charge is 2.26. The van der Waals surface area contributed by atoms with Crippen LogP contribution in [0.5, 0.6) is 0 Å². The topological polar surface area (TPSA) is 21.3 Å². The van der Waals surface area contributed by atoms with E-state index >= 15 is 0 Å². The van der Waals surface area contributed by atoms with Gasteiger partial charge in [-0.3, -0.25) is 0 Å². The van der Waals surface area contributed by atoms with E-state index in [4.69, 9.17) is 4.42 Å². The normalized spacial score (nSPS) is 11.5. The van der Waals surface area contributed by atoms with E-state index < -0.39 is 0 Å². The summed E-state index contributed by atoms with van der Waals surface area (Å²) in [7, 11) is 0. The van der Waals surface area contributed by atoms with E-state index in [9.17, 15) is 0 Å². The molecular formula is C62H44N2O. The van der Waals surface area contributed by atoms with Crippen LogP contribution in [0.3, 0.4) is 0 Å². The van der Waals surface area contributed by atoms with Crippen LogP contribution in [0.2, 0.25) is 0 Å². The third-order valence-corrected chi connectivity index (χ3v) is 13.0. The first-order chi connectivity index (χ1) is 32.1. The number of furan rings is 1. The van der Waals surface area contributed by atoms with Gasteiger partial charge >= 0.3 is 0 Å². The van der Waals surface area contributed by atoms with E-state index in [1.54, 1.807) is 0 Å². The van der Waals surface area contributed by atoms with E-state index in [1.807, 2.05) is 0 Å². The third-order valence-electron chi connectivity index (χ3n) is 13.0. The Bertz CT molecular complexity index is 3680. The Hall–Kier alpha value is -8.40. The van der Waals surface area contributed by atoms with Crippen LogP contribution >= 0.6 is 0 Å². The van der Waals surface area contributed by atoms with E-state index in [2.05, 4.69) is 254 Å². The maximum Gasteiger partial charge on any atom is 0.143 e. The van der Waals surface area contributed by atoms with Crippen molar-refractivity contribution in [1.82, 2.24) is 4.57 Å². The first-order valence-corrected chi connectivity index (χ1v) is 22.3. The summed E-state index contributed by atoms with van der Waals surface area (Å²) in [6.07, 6.45) is 0. The Kier molecular flexibility index (Phi) is 9.28. The third kappa shape index (κ3) is 6.51. The van der Waals surface area contributed by atoms with Gasteiger partial charge in [0.1, 0.15) is 11.2 Å². The Balaban J connectivity index is 1.18. The van der Waals surface area contributed by atoms with Crippen molar-refractivity contribution in [3.63, 3.8) is 0 Å². The Morgan fingerprint density at radius 1 is 0.369 bits per heavy atom. The minimum absolute atomic E-state index is 0.860. The van der Waals surface area contributed by atoms with Gasteiger partial charge < -0.3 is 13.9 Å². The zero-order chi connectivity index (χ0) is 43.4. The van der Waals surface area contributed by atoms with Gasteiger partial charge in [0.25, 0.3) is 0 Å². The maximum atomic E-state index is 6.97. The fourth-order valence-corrected chi connectivity index (χ4v) is 10.0. The van der Waals surface area contributed by atoms with Crippen LogP contribution in [-0.4, -0.2) is 4.57 Å². The average Bonchev–Trinajstić information content (AvgIpc) is 3.91. The molecule has 0 aliphatic rings. The number of fused-ring (bicyclic) bond motifs is 6. The van der Waals surface area contributed by atoms with Gasteiger partial charge in [0.15, 0.2) is 0 Å². The van der Waals surface area contributed by atoms with Crippen LogP contribution < -0.4 is 4.90 Å². The molecule has 0 radical (unpaired) electrons. The minimum Gasteiger partial charge on any atom is -0.455 e. The summed E-state index contributed by atoms with van der Waals surface area (Å²) < 4.78 is 9.40. The smallest absolute Gasteiger partial charge is 0.143 e. The Morgan fingerprint density at radius 2 is 0.923 bits per heavy atom. The molecule has 0 aliphatic heterocycles. The van der Waals surface area contributed by atoms with Crippen molar-refractivity contribution in [1.29, 1.82) is 0 Å². The number of anilines is 3. The summed E-state index contributed by atoms with van der Waals surface area (Å²) in [5.74, 6) is 0. The standard InChI is InChI=1S/C62H44N2O/c1-41-36-46(43-20-6-3-7-21-43)34-35-56(41)63(61-42(2)37-47(44-22-8-4-9-23-44)38-53(61)45-24-10-5-11-25-45)48-39-54(62-55(40-48)52-29-15-19-33-60(52)65-62)51-28-14-18-32-59(51)64-57-30-16-12-26-49(57)50-27-13-17-31-58(50)64/h3-40H,1-2H3. The zero-order valence-electron chi connectivity index (χ0n) is 36.2. The minimum atomic E-state index is 0.860. The van der Waals surface area contributed by atoms with Crippen molar-refractivity contribution in [3.8, 4) is 50.2 Å². The van der Waals surface area contributed by atoms with Crippen molar-refractivity contribution >= 4 is 60.8 Å². The van der Waals surface area contributed by atoms with Crippen LogP contribution in [0, 0.1) is 13.8 Å². The summed E-state index contributed by atoms with van der Waals surface area (Å²) >= 11 is 0. The molecule has 0 fully saturated rings. The molecule has 0 N–H and O–H groups in total. The predicted octanol–water partition coefficient (Wildman–Crippen LogP) is 17.4. The molecule has 0 aliphatic carbocycles. The predicted molar refractivity (Wildman–Crippen MR) is 274 cm³/mol. The molecule has 10 aromatic carbocycles. The molecule has 0 atom stereocenters. The second-order valence-electron chi connectivity index (χ2n) is 17.0. The zero-order valence-corrected chi connectivity index (χ0v) is 36.2. The molecule has 0 saturated carbocycles. The largest absolute Gasteiger partial charge is 0.455 e. The molecule has 308 valence electrons. The molecule has 0 saturated heterocycles. The summed E-state index contributed by atoms with van der Waals surface area (Å²) in [5.41, 5.74) is 19.9. The fourth-order valence-electron chi connectivity index (χ4n) is 10.0. The molecule has 3 nitrogen and oxygen atoms in total. The summed E-state index contributed by atoms with van der Waals surface area (Å²) in [5, 5.41) is 4.59. The van der Waals surface area contributed by atoms with Crippen LogP contribution in [0.25, 0.3) is 93.9 Å². The highest BCUT2D eigenvalue weighted by atomic mass is 16.3. The quantitative estimate of drug-likeness (QED) is 0.152. The van der Waals surface area contributed by atoms with Crippen molar-refractivity contribution in [2.45, 2.75) is 13.8 Å². The van der Waals surface area contributed by atoms with Gasteiger partial charge in [-0.05, 0) is 113 Å². The van der Waals surface area contributed by atoms with Gasteiger partial charge in [-0.15, -0.1) is 0 Å². The van der Waals surface area contributed by atoms with Crippen molar-refractivity contribution in [2.75, 3.05) is 4.90 Å². The van der Waals surface area contributed by atoms with Gasteiger partial charge in [0, 0.05) is 49.6 Å². The van der Waals surface area contributed by atoms with Crippen LogP contribution in [0.1, 0.15) is 11.1 Å². The molecular weight excluding hydrogens is 789 g/mol. The first-order valence-electron chi connectivity index (χ1n) is 22.3. The average molecular weight is 833 g/mol. The maximum absolute atomic E-state index is 6.97. The first kappa shape index (κ1) is 38.3. The molecule has 0 unspecified atom stereocenters. The lowest BCUT2D eigenvalue weighted by atomic mass is 9.92. The van der Waals surface area contributed by atoms with Crippen molar-refractivity contribution < 1.29 is 4.42 Å². The van der Waals surface area contributed by atoms with Crippen LogP contribution in [0.15, 0.2) is 235 Å². The molecule has 0 spiro atoms. The van der Waals surface area contributed by atoms with Crippen LogP contribution in [0.4, 0.5) is 17.1 Å². The Morgan fingerprint density at radius 3 is 1.60 bits per heavy atom. The molecule has 65 heavy (non-hydrogen) atoms. The lowest BCUT2D eigenvalue weighted by molar-refractivity contribution is 0.670. The fraction of sp³-hybridized carbons (Fsp3) is 0.0323. The number of aryl methyl sites for hydroxylation is 2. The number of aromatic nitrogens is 1. The van der Waals surface area contributed by atoms with Gasteiger partial charge in [0.05, 0.1) is 22.4 Å². The number of para-hydroxylation sites is 4.